The first kappa shape index (κ1) is 14.2. The number of hydrogen-bond donors (Lipinski definition) is 2. The van der Waals surface area contributed by atoms with Crippen molar-refractivity contribution in [3.8, 4) is 0 Å². The van der Waals surface area contributed by atoms with Crippen LogP contribution in [0.1, 0.15) is 22.7 Å². The van der Waals surface area contributed by atoms with Gasteiger partial charge in [-0.25, -0.2) is 4.98 Å². The normalized spacial score (nSPS) is 17.1. The Labute approximate surface area is 132 Å². The number of anilines is 1. The molecular weight excluding hydrogens is 330 g/mol. The number of fused-ring (bicyclic) bond motifs is 1. The van der Waals surface area contributed by atoms with Crippen LogP contribution in [-0.4, -0.2) is 17.4 Å². The van der Waals surface area contributed by atoms with Crippen molar-refractivity contribution in [3.63, 3.8) is 0 Å². The molecule has 0 bridgehead atoms. The van der Waals surface area contributed by atoms with Crippen LogP contribution in [-0.2, 0) is 11.3 Å². The van der Waals surface area contributed by atoms with Gasteiger partial charge in [0.05, 0.1) is 11.6 Å². The zero-order chi connectivity index (χ0) is 14.8. The van der Waals surface area contributed by atoms with Crippen LogP contribution in [0.5, 0.6) is 0 Å². The Bertz CT molecular complexity index is 687. The Morgan fingerprint density at radius 3 is 2.95 bits per heavy atom. The second-order valence-corrected chi connectivity index (χ2v) is 5.99. The van der Waals surface area contributed by atoms with Crippen LogP contribution in [0.25, 0.3) is 0 Å². The first-order valence-electron chi connectivity index (χ1n) is 6.87. The summed E-state index contributed by atoms with van der Waals surface area (Å²) in [5.41, 5.74) is 3.14. The number of aryl methyl sites for hydroxylation is 1. The molecule has 2 N–H and O–H groups in total. The molecule has 3 rings (SSSR count). The Balaban J connectivity index is 1.81. The van der Waals surface area contributed by atoms with Gasteiger partial charge in [-0.15, -0.1) is 0 Å². The summed E-state index contributed by atoms with van der Waals surface area (Å²) in [4.78, 5) is 16.9. The molecule has 4 nitrogen and oxygen atoms in total. The third kappa shape index (κ3) is 2.99. The second-order valence-electron chi connectivity index (χ2n) is 5.14. The third-order valence-electron chi connectivity index (χ3n) is 3.68. The third-order valence-corrected chi connectivity index (χ3v) is 4.52. The predicted molar refractivity (Wildman–Crippen MR) is 86.2 cm³/mol. The van der Waals surface area contributed by atoms with Gasteiger partial charge in [-0.2, -0.15) is 0 Å². The fraction of sp³-hybridized carbons (Fsp3) is 0.250. The van der Waals surface area contributed by atoms with E-state index in [1.807, 2.05) is 31.2 Å². The summed E-state index contributed by atoms with van der Waals surface area (Å²) in [6.45, 7) is 3.37. The molecule has 1 amide bonds. The summed E-state index contributed by atoms with van der Waals surface area (Å²) < 4.78 is 0.935. The largest absolute Gasteiger partial charge is 0.312 e. The Hall–Kier alpha value is -1.72. The average Bonchev–Trinajstić information content (AvgIpc) is 2.50. The molecule has 0 saturated carbocycles. The summed E-state index contributed by atoms with van der Waals surface area (Å²) in [5.74, 6) is 0.383. The molecule has 1 atom stereocenters. The highest BCUT2D eigenvalue weighted by molar-refractivity contribution is 9.10. The van der Waals surface area contributed by atoms with Crippen molar-refractivity contribution in [3.05, 3.63) is 57.7 Å². The second kappa shape index (κ2) is 5.95. The molecule has 1 aliphatic rings. The van der Waals surface area contributed by atoms with Crippen molar-refractivity contribution in [1.29, 1.82) is 0 Å². The molecule has 0 aliphatic carbocycles. The Kier molecular flexibility index (Phi) is 4.03. The van der Waals surface area contributed by atoms with Crippen molar-refractivity contribution in [2.75, 3.05) is 11.9 Å². The summed E-state index contributed by atoms with van der Waals surface area (Å²) in [7, 11) is 0. The van der Waals surface area contributed by atoms with Crippen molar-refractivity contribution < 1.29 is 4.79 Å². The summed E-state index contributed by atoms with van der Waals surface area (Å²) in [5, 5.41) is 6.20. The van der Waals surface area contributed by atoms with E-state index in [4.69, 9.17) is 0 Å². The van der Waals surface area contributed by atoms with E-state index in [0.29, 0.717) is 12.4 Å². The van der Waals surface area contributed by atoms with Gasteiger partial charge < -0.3 is 10.6 Å². The van der Waals surface area contributed by atoms with E-state index in [0.717, 1.165) is 22.3 Å². The maximum absolute atomic E-state index is 12.5. The molecule has 1 aromatic heterocycles. The smallest absolute Gasteiger partial charge is 0.234 e. The number of aromatic nitrogens is 1. The quantitative estimate of drug-likeness (QED) is 0.879. The van der Waals surface area contributed by atoms with Gasteiger partial charge in [0, 0.05) is 17.6 Å². The van der Waals surface area contributed by atoms with Crippen LogP contribution < -0.4 is 10.6 Å². The minimum atomic E-state index is -0.180. The maximum atomic E-state index is 12.5. The Morgan fingerprint density at radius 2 is 2.14 bits per heavy atom. The van der Waals surface area contributed by atoms with Gasteiger partial charge in [-0.1, -0.05) is 24.3 Å². The topological polar surface area (TPSA) is 54.0 Å². The summed E-state index contributed by atoms with van der Waals surface area (Å²) in [6.07, 6.45) is 0. The molecule has 21 heavy (non-hydrogen) atoms. The first-order valence-corrected chi connectivity index (χ1v) is 7.67. The van der Waals surface area contributed by atoms with E-state index in [1.54, 1.807) is 6.07 Å². The highest BCUT2D eigenvalue weighted by Crippen LogP contribution is 2.25. The minimum absolute atomic E-state index is 0.0242. The molecule has 1 unspecified atom stereocenters. The molecule has 2 aromatic rings. The molecule has 108 valence electrons. The molecule has 1 aromatic carbocycles. The molecule has 0 saturated heterocycles. The molecule has 5 heteroatoms. The van der Waals surface area contributed by atoms with Crippen LogP contribution >= 0.6 is 15.9 Å². The standard InChI is InChI=1S/C16H16BrN3O/c1-10-14(17)6-7-15(19-10)20-16(21)13-9-18-8-11-4-2-3-5-12(11)13/h2-7,13,18H,8-9H2,1H3,(H,19,20,21). The average molecular weight is 346 g/mol. The molecular formula is C16H16BrN3O. The van der Waals surface area contributed by atoms with Crippen molar-refractivity contribution in [1.82, 2.24) is 10.3 Å². The van der Waals surface area contributed by atoms with Crippen molar-refractivity contribution >= 4 is 27.7 Å². The van der Waals surface area contributed by atoms with Crippen LogP contribution in [0.15, 0.2) is 40.9 Å². The number of nitrogens with one attached hydrogen (secondary N) is 2. The van der Waals surface area contributed by atoms with Gasteiger partial charge in [0.1, 0.15) is 5.82 Å². The van der Waals surface area contributed by atoms with Crippen LogP contribution in [0, 0.1) is 6.92 Å². The van der Waals surface area contributed by atoms with E-state index in [2.05, 4.69) is 37.6 Å². The lowest BCUT2D eigenvalue weighted by atomic mass is 9.90. The fourth-order valence-corrected chi connectivity index (χ4v) is 2.78. The number of nitrogens with zero attached hydrogens (tertiary/aromatic N) is 1. The van der Waals surface area contributed by atoms with Gasteiger partial charge in [0.2, 0.25) is 5.91 Å². The lowest BCUT2D eigenvalue weighted by Crippen LogP contribution is -2.35. The summed E-state index contributed by atoms with van der Waals surface area (Å²) in [6, 6.07) is 11.8. The maximum Gasteiger partial charge on any atom is 0.234 e. The zero-order valence-corrected chi connectivity index (χ0v) is 13.3. The molecule has 0 radical (unpaired) electrons. The van der Waals surface area contributed by atoms with E-state index in [1.165, 1.54) is 5.56 Å². The van der Waals surface area contributed by atoms with E-state index < -0.39 is 0 Å². The number of amides is 1. The fourth-order valence-electron chi connectivity index (χ4n) is 2.56. The SMILES string of the molecule is Cc1nc(NC(=O)C2CNCc3ccccc32)ccc1Br. The molecule has 0 fully saturated rings. The van der Waals surface area contributed by atoms with Gasteiger partial charge in [-0.05, 0) is 46.1 Å². The number of pyridine rings is 1. The van der Waals surface area contributed by atoms with E-state index in [-0.39, 0.29) is 11.8 Å². The van der Waals surface area contributed by atoms with Gasteiger partial charge in [0.25, 0.3) is 0 Å². The Morgan fingerprint density at radius 1 is 1.33 bits per heavy atom. The monoisotopic (exact) mass is 345 g/mol. The van der Waals surface area contributed by atoms with Gasteiger partial charge in [-0.3, -0.25) is 4.79 Å². The summed E-state index contributed by atoms with van der Waals surface area (Å²) >= 11 is 3.41. The van der Waals surface area contributed by atoms with E-state index >= 15 is 0 Å². The zero-order valence-electron chi connectivity index (χ0n) is 11.7. The lowest BCUT2D eigenvalue weighted by Gasteiger charge is -2.25. The van der Waals surface area contributed by atoms with Crippen molar-refractivity contribution in [2.45, 2.75) is 19.4 Å². The first-order chi connectivity index (χ1) is 10.1. The number of benzene rings is 1. The number of carbonyl (C=O) groups excluding carboxylic acids is 1. The molecule has 1 aliphatic heterocycles. The van der Waals surface area contributed by atoms with Gasteiger partial charge >= 0.3 is 0 Å². The minimum Gasteiger partial charge on any atom is -0.312 e. The lowest BCUT2D eigenvalue weighted by molar-refractivity contribution is -0.117. The predicted octanol–water partition coefficient (Wildman–Crippen LogP) is 2.98. The number of carbonyl (C=O) groups is 1. The van der Waals surface area contributed by atoms with Crippen molar-refractivity contribution in [2.24, 2.45) is 0 Å². The van der Waals surface area contributed by atoms with E-state index in [9.17, 15) is 4.79 Å². The number of rotatable bonds is 2. The molecule has 0 spiro atoms. The van der Waals surface area contributed by atoms with Crippen LogP contribution in [0.2, 0.25) is 0 Å². The van der Waals surface area contributed by atoms with Crippen LogP contribution in [0.3, 0.4) is 0 Å². The molecule has 2 heterocycles. The highest BCUT2D eigenvalue weighted by atomic mass is 79.9. The van der Waals surface area contributed by atoms with Crippen LogP contribution in [0.4, 0.5) is 5.82 Å². The highest BCUT2D eigenvalue weighted by Gasteiger charge is 2.26. The number of halogens is 1. The number of hydrogen-bond acceptors (Lipinski definition) is 3. The van der Waals surface area contributed by atoms with Gasteiger partial charge in [0.15, 0.2) is 0 Å².